The molecule has 18 heteroatoms. The lowest BCUT2D eigenvalue weighted by atomic mass is 10.0. The second-order valence-electron chi connectivity index (χ2n) is 10.7. The number of hydrogen-bond acceptors (Lipinski definition) is 13. The molecule has 5 atom stereocenters. The number of aromatic amines is 1. The van der Waals surface area contributed by atoms with Crippen LogP contribution in [0, 0.1) is 11.8 Å². The highest BCUT2D eigenvalue weighted by atomic mass is 31.2. The average Bonchev–Trinajstić information content (AvgIpc) is 3.39. The number of rotatable bonds is 18. The molecule has 17 nitrogen and oxygen atoms in total. The summed E-state index contributed by atoms with van der Waals surface area (Å²) < 4.78 is 42.0. The Bertz CT molecular complexity index is 1330. The minimum Gasteiger partial charge on any atom is -0.479 e. The van der Waals surface area contributed by atoms with E-state index in [0.717, 1.165) is 10.9 Å². The Morgan fingerprint density at radius 1 is 1.07 bits per heavy atom. The van der Waals surface area contributed by atoms with Crippen LogP contribution in [-0.2, 0) is 38.6 Å². The number of esters is 2. The van der Waals surface area contributed by atoms with Gasteiger partial charge in [0.2, 0.25) is 5.88 Å². The van der Waals surface area contributed by atoms with Crippen molar-refractivity contribution in [2.24, 2.45) is 11.8 Å². The van der Waals surface area contributed by atoms with Crippen molar-refractivity contribution in [1.29, 1.82) is 0 Å². The Morgan fingerprint density at radius 2 is 1.59 bits per heavy atom. The summed E-state index contributed by atoms with van der Waals surface area (Å²) in [7, 11) is -1.81. The van der Waals surface area contributed by atoms with Gasteiger partial charge in [-0.2, -0.15) is 4.98 Å². The maximum atomic E-state index is 14.3. The van der Waals surface area contributed by atoms with Crippen LogP contribution < -0.4 is 20.6 Å². The lowest BCUT2D eigenvalue weighted by Crippen LogP contribution is -2.52. The first-order valence-corrected chi connectivity index (χ1v) is 15.8. The Morgan fingerprint density at radius 3 is 2.02 bits per heavy atom. The van der Waals surface area contributed by atoms with Crippen molar-refractivity contribution in [2.45, 2.75) is 78.5 Å². The van der Waals surface area contributed by atoms with Gasteiger partial charge in [0.1, 0.15) is 29.9 Å². The summed E-state index contributed by atoms with van der Waals surface area (Å²) in [5.74, 6) is -2.31. The number of nitrogens with zero attached hydrogens (tertiary/aromatic N) is 3. The molecule has 2 heterocycles. The molecule has 0 saturated heterocycles. The molecular formula is C26H45N6O11P. The molecule has 0 aromatic carbocycles. The van der Waals surface area contributed by atoms with Crippen LogP contribution in [-0.4, -0.2) is 100 Å². The van der Waals surface area contributed by atoms with Crippen LogP contribution in [0.15, 0.2) is 11.1 Å². The molecule has 2 aromatic rings. The fourth-order valence-electron chi connectivity index (χ4n) is 4.24. The van der Waals surface area contributed by atoms with E-state index >= 15 is 0 Å². The monoisotopic (exact) mass is 648 g/mol. The van der Waals surface area contributed by atoms with E-state index in [-0.39, 0.29) is 30.3 Å². The Hall–Kier alpha value is -2.92. The predicted molar refractivity (Wildman–Crippen MR) is 158 cm³/mol. The molecule has 0 bridgehead atoms. The number of aliphatic hydroxyl groups is 2. The van der Waals surface area contributed by atoms with Crippen molar-refractivity contribution in [3.8, 4) is 5.88 Å². The number of ether oxygens (including phenoxy) is 4. The van der Waals surface area contributed by atoms with Gasteiger partial charge in [-0.25, -0.2) is 20.0 Å². The van der Waals surface area contributed by atoms with Crippen LogP contribution in [0.1, 0.15) is 48.5 Å². The quantitative estimate of drug-likeness (QED) is 0.110. The topological polar surface area (TPSA) is 225 Å². The van der Waals surface area contributed by atoms with Gasteiger partial charge in [0, 0.05) is 7.11 Å². The van der Waals surface area contributed by atoms with Crippen molar-refractivity contribution in [3.63, 3.8) is 0 Å². The van der Waals surface area contributed by atoms with Crippen LogP contribution in [0.25, 0.3) is 11.2 Å². The largest absolute Gasteiger partial charge is 0.479 e. The third-order valence-corrected chi connectivity index (χ3v) is 8.50. The predicted octanol–water partition coefficient (Wildman–Crippen LogP) is 0.648. The maximum Gasteiger partial charge on any atom is 0.349 e. The highest BCUT2D eigenvalue weighted by Gasteiger charge is 2.43. The molecule has 0 saturated carbocycles. The van der Waals surface area contributed by atoms with Gasteiger partial charge in [0.05, 0.1) is 33.3 Å². The van der Waals surface area contributed by atoms with Gasteiger partial charge in [-0.05, 0) is 32.6 Å². The van der Waals surface area contributed by atoms with E-state index in [1.54, 1.807) is 41.5 Å². The number of aromatic nitrogens is 4. The molecule has 250 valence electrons. The van der Waals surface area contributed by atoms with Gasteiger partial charge >= 0.3 is 25.3 Å². The number of imidazole rings is 1. The van der Waals surface area contributed by atoms with E-state index in [9.17, 15) is 29.2 Å². The first kappa shape index (κ1) is 37.3. The third-order valence-electron chi connectivity index (χ3n) is 6.75. The molecule has 2 rings (SSSR count). The highest BCUT2D eigenvalue weighted by molar-refractivity contribution is 7.54. The summed E-state index contributed by atoms with van der Waals surface area (Å²) >= 11 is 0. The molecule has 0 aliphatic heterocycles. The van der Waals surface area contributed by atoms with Gasteiger partial charge in [-0.15, -0.1) is 0 Å². The summed E-state index contributed by atoms with van der Waals surface area (Å²) in [4.78, 5) is 47.8. The Kier molecular flexibility index (Phi) is 13.5. The number of aliphatic hydroxyl groups excluding tert-OH is 1. The lowest BCUT2D eigenvalue weighted by molar-refractivity contribution is -0.173. The van der Waals surface area contributed by atoms with Gasteiger partial charge < -0.3 is 33.7 Å². The van der Waals surface area contributed by atoms with E-state index in [4.69, 9.17) is 23.5 Å². The number of H-pyrrole nitrogens is 1. The van der Waals surface area contributed by atoms with Crippen molar-refractivity contribution >= 4 is 30.8 Å². The minimum atomic E-state index is -4.34. The van der Waals surface area contributed by atoms with E-state index in [1.807, 2.05) is 0 Å². The molecule has 0 fully saturated rings. The fraction of sp³-hybridized carbons (Fsp3) is 0.731. The summed E-state index contributed by atoms with van der Waals surface area (Å²) in [6.45, 7) is 10.8. The van der Waals surface area contributed by atoms with Gasteiger partial charge in [0.15, 0.2) is 11.2 Å². The van der Waals surface area contributed by atoms with E-state index in [2.05, 4.69) is 25.1 Å². The van der Waals surface area contributed by atoms with Gasteiger partial charge in [-0.1, -0.05) is 27.7 Å². The van der Waals surface area contributed by atoms with Crippen LogP contribution in [0.3, 0.4) is 0 Å². The number of nitrogens with one attached hydrogen (secondary N) is 3. The highest BCUT2D eigenvalue weighted by Crippen LogP contribution is 2.42. The Labute approximate surface area is 255 Å². The van der Waals surface area contributed by atoms with Crippen molar-refractivity contribution in [3.05, 3.63) is 16.8 Å². The normalized spacial score (nSPS) is 16.4. The Balaban J connectivity index is 2.46. The third kappa shape index (κ3) is 8.84. The molecule has 5 N–H and O–H groups in total. The molecule has 0 aliphatic rings. The van der Waals surface area contributed by atoms with Crippen LogP contribution in [0.5, 0.6) is 5.88 Å². The molecule has 0 radical (unpaired) electrons. The molecule has 44 heavy (non-hydrogen) atoms. The average molecular weight is 649 g/mol. The van der Waals surface area contributed by atoms with Crippen LogP contribution in [0.2, 0.25) is 0 Å². The second-order valence-corrected chi connectivity index (χ2v) is 12.6. The van der Waals surface area contributed by atoms with E-state index in [0.29, 0.717) is 0 Å². The van der Waals surface area contributed by atoms with Crippen LogP contribution >= 0.6 is 7.67 Å². The molecular weight excluding hydrogens is 603 g/mol. The summed E-state index contributed by atoms with van der Waals surface area (Å²) in [5.41, 5.74) is -2.86. The zero-order valence-corrected chi connectivity index (χ0v) is 27.4. The van der Waals surface area contributed by atoms with Gasteiger partial charge in [0.25, 0.3) is 0 Å². The minimum absolute atomic E-state index is 0.000833. The number of methoxy groups -OCH3 is 2. The molecule has 0 aliphatic carbocycles. The summed E-state index contributed by atoms with van der Waals surface area (Å²) in [6, 6.07) is -2.23. The molecule has 0 amide bonds. The van der Waals surface area contributed by atoms with Crippen molar-refractivity contribution in [2.75, 3.05) is 34.0 Å². The van der Waals surface area contributed by atoms with E-state index in [1.165, 1.54) is 21.1 Å². The summed E-state index contributed by atoms with van der Waals surface area (Å²) in [6.07, 6.45) is -1.97. The number of carbonyl (C=O) groups is 2. The zero-order valence-electron chi connectivity index (χ0n) is 26.5. The van der Waals surface area contributed by atoms with Crippen molar-refractivity contribution < 1.29 is 47.8 Å². The number of carbonyl (C=O) groups excluding carboxylic acids is 2. The molecule has 2 aromatic heterocycles. The molecule has 0 spiro atoms. The smallest absolute Gasteiger partial charge is 0.349 e. The number of hydrogen-bond donors (Lipinski definition) is 5. The second kappa shape index (κ2) is 15.9. The van der Waals surface area contributed by atoms with E-state index < -0.39 is 73.8 Å². The van der Waals surface area contributed by atoms with Crippen LogP contribution in [0.4, 0.5) is 0 Å². The first-order chi connectivity index (χ1) is 20.6. The first-order valence-electron chi connectivity index (χ1n) is 14.1. The summed E-state index contributed by atoms with van der Waals surface area (Å²) in [5, 5.41) is 28.1. The number of fused-ring (bicyclic) bond motifs is 1. The molecule has 1 unspecified atom stereocenters. The van der Waals surface area contributed by atoms with Crippen molar-refractivity contribution in [1.82, 2.24) is 29.7 Å². The standard InChI is InChI=1S/C26H45N6O11P/c1-10-41-23(34)17(14(3)4)30-44(38,31-18(15(5)6)24(35)42-11-2)43-12-16(39-8)20(33)26(7,37)32-13-27-19-21(32)28-25(36)29-22(19)40-9/h13-18,20,33,37H,10-12H2,1-9H3,(H,28,29,36)(H2,30,31,38)/t16-,17+,18+,20+,26?/m1/s1. The van der Waals surface area contributed by atoms with Gasteiger partial charge in [-0.3, -0.25) is 23.7 Å². The maximum absolute atomic E-state index is 14.3. The fourth-order valence-corrected chi connectivity index (χ4v) is 6.36. The zero-order chi connectivity index (χ0) is 33.4. The SMILES string of the molecule is CCOC(=O)[C@@H](NP(=O)(N[C@H](C(=O)OCC)C(C)C)OC[C@@H](OC)[C@H](O)C(C)(O)n1cnc2c(OC)nc(=O)[nH]c21)C(C)C. The lowest BCUT2D eigenvalue weighted by Gasteiger charge is -2.36.